The predicted octanol–water partition coefficient (Wildman–Crippen LogP) is 2.79. The van der Waals surface area contributed by atoms with Crippen LogP contribution in [0.3, 0.4) is 0 Å². The van der Waals surface area contributed by atoms with Crippen molar-refractivity contribution in [1.29, 1.82) is 0 Å². The third-order valence-corrected chi connectivity index (χ3v) is 4.35. The molecule has 0 spiro atoms. The summed E-state index contributed by atoms with van der Waals surface area (Å²) in [5, 5.41) is 3.00. The van der Waals surface area contributed by atoms with Crippen LogP contribution in [0.2, 0.25) is 0 Å². The minimum Gasteiger partial charge on any atom is -0.376 e. The van der Waals surface area contributed by atoms with E-state index in [9.17, 15) is 9.59 Å². The van der Waals surface area contributed by atoms with Crippen LogP contribution in [0.4, 0.5) is 0 Å². The lowest BCUT2D eigenvalue weighted by atomic mass is 9.92. The Balaban J connectivity index is 1.97. The van der Waals surface area contributed by atoms with Gasteiger partial charge in [0.2, 0.25) is 0 Å². The van der Waals surface area contributed by atoms with Crippen molar-refractivity contribution < 1.29 is 9.53 Å². The molecule has 2 atom stereocenters. The van der Waals surface area contributed by atoms with E-state index in [1.807, 2.05) is 0 Å². The summed E-state index contributed by atoms with van der Waals surface area (Å²) in [6, 6.07) is 1.44. The number of H-pyrrole nitrogens is 1. The number of carbonyl (C=O) groups excluding carboxylic acids is 1. The Morgan fingerprint density at radius 2 is 2.13 bits per heavy atom. The van der Waals surface area contributed by atoms with Gasteiger partial charge in [0.25, 0.3) is 5.91 Å². The SMILES string of the molecule is Cc1cc(=O)c(C(=O)N[C@H]2CCCC[C@@H]2OCCC(C)C)c[nH]1. The summed E-state index contributed by atoms with van der Waals surface area (Å²) in [5.41, 5.74) is 0.674. The fraction of sp³-hybridized carbons (Fsp3) is 0.667. The lowest BCUT2D eigenvalue weighted by molar-refractivity contribution is 0.00120. The molecule has 0 aliphatic heterocycles. The highest BCUT2D eigenvalue weighted by molar-refractivity contribution is 5.94. The molecule has 0 radical (unpaired) electrons. The van der Waals surface area contributed by atoms with Crippen LogP contribution in [0.15, 0.2) is 17.1 Å². The van der Waals surface area contributed by atoms with Gasteiger partial charge in [-0.1, -0.05) is 26.7 Å². The highest BCUT2D eigenvalue weighted by Crippen LogP contribution is 2.22. The Morgan fingerprint density at radius 3 is 2.83 bits per heavy atom. The molecule has 1 aromatic rings. The molecule has 0 saturated heterocycles. The number of ether oxygens (including phenoxy) is 1. The number of rotatable bonds is 6. The van der Waals surface area contributed by atoms with Gasteiger partial charge < -0.3 is 15.0 Å². The van der Waals surface area contributed by atoms with Gasteiger partial charge in [-0.2, -0.15) is 0 Å². The number of aryl methyl sites for hydroxylation is 1. The molecule has 1 aliphatic carbocycles. The normalized spacial score (nSPS) is 21.4. The molecule has 2 rings (SSSR count). The highest BCUT2D eigenvalue weighted by Gasteiger charge is 2.28. The van der Waals surface area contributed by atoms with Gasteiger partial charge in [-0.25, -0.2) is 0 Å². The van der Waals surface area contributed by atoms with Gasteiger partial charge in [-0.15, -0.1) is 0 Å². The average molecular weight is 320 g/mol. The summed E-state index contributed by atoms with van der Waals surface area (Å²) in [4.78, 5) is 27.3. The Hall–Kier alpha value is -1.62. The van der Waals surface area contributed by atoms with E-state index in [4.69, 9.17) is 4.74 Å². The van der Waals surface area contributed by atoms with Crippen molar-refractivity contribution in [2.45, 2.75) is 65.0 Å². The van der Waals surface area contributed by atoms with E-state index >= 15 is 0 Å². The Labute approximate surface area is 137 Å². The number of amides is 1. The van der Waals surface area contributed by atoms with Gasteiger partial charge in [0.1, 0.15) is 5.56 Å². The van der Waals surface area contributed by atoms with Crippen LogP contribution >= 0.6 is 0 Å². The molecule has 128 valence electrons. The van der Waals surface area contributed by atoms with Crippen LogP contribution in [0.1, 0.15) is 62.0 Å². The highest BCUT2D eigenvalue weighted by atomic mass is 16.5. The van der Waals surface area contributed by atoms with Gasteiger partial charge in [0.15, 0.2) is 5.43 Å². The zero-order chi connectivity index (χ0) is 16.8. The monoisotopic (exact) mass is 320 g/mol. The molecular weight excluding hydrogens is 292 g/mol. The van der Waals surface area contributed by atoms with Crippen molar-refractivity contribution in [2.24, 2.45) is 5.92 Å². The third-order valence-electron chi connectivity index (χ3n) is 4.35. The van der Waals surface area contributed by atoms with E-state index in [-0.39, 0.29) is 29.0 Å². The van der Waals surface area contributed by atoms with Crippen molar-refractivity contribution >= 4 is 5.91 Å². The first-order valence-electron chi connectivity index (χ1n) is 8.59. The molecule has 1 aromatic heterocycles. The van der Waals surface area contributed by atoms with E-state index in [1.165, 1.54) is 12.3 Å². The quantitative estimate of drug-likeness (QED) is 0.846. The fourth-order valence-electron chi connectivity index (χ4n) is 2.91. The second kappa shape index (κ2) is 8.29. The zero-order valence-corrected chi connectivity index (χ0v) is 14.4. The molecule has 0 aromatic carbocycles. The number of nitrogens with one attached hydrogen (secondary N) is 2. The third kappa shape index (κ3) is 5.20. The zero-order valence-electron chi connectivity index (χ0n) is 14.4. The summed E-state index contributed by atoms with van der Waals surface area (Å²) < 4.78 is 5.99. The van der Waals surface area contributed by atoms with E-state index in [0.717, 1.165) is 44.4 Å². The molecule has 1 saturated carbocycles. The van der Waals surface area contributed by atoms with E-state index < -0.39 is 0 Å². The van der Waals surface area contributed by atoms with Crippen molar-refractivity contribution in [3.8, 4) is 0 Å². The summed E-state index contributed by atoms with van der Waals surface area (Å²) >= 11 is 0. The van der Waals surface area contributed by atoms with Crippen LogP contribution in [-0.4, -0.2) is 29.6 Å². The van der Waals surface area contributed by atoms with Gasteiger partial charge in [-0.3, -0.25) is 9.59 Å². The van der Waals surface area contributed by atoms with Crippen LogP contribution in [0.25, 0.3) is 0 Å². The summed E-state index contributed by atoms with van der Waals surface area (Å²) in [6.45, 7) is 6.86. The molecule has 5 nitrogen and oxygen atoms in total. The van der Waals surface area contributed by atoms with Gasteiger partial charge in [-0.05, 0) is 32.1 Å². The first kappa shape index (κ1) is 17.7. The first-order chi connectivity index (χ1) is 11.0. The molecule has 1 aliphatic rings. The first-order valence-corrected chi connectivity index (χ1v) is 8.59. The molecule has 5 heteroatoms. The molecule has 23 heavy (non-hydrogen) atoms. The number of carbonyl (C=O) groups is 1. The van der Waals surface area contributed by atoms with E-state index in [0.29, 0.717) is 5.92 Å². The van der Waals surface area contributed by atoms with Crippen molar-refractivity contribution in [3.05, 3.63) is 33.7 Å². The van der Waals surface area contributed by atoms with Crippen molar-refractivity contribution in [2.75, 3.05) is 6.61 Å². The standard InChI is InChI=1S/C18H28N2O3/c1-12(2)8-9-23-17-7-5-4-6-15(17)20-18(22)14-11-19-13(3)10-16(14)21/h10-12,15,17H,4-9H2,1-3H3,(H,19,21)(H,20,22)/t15-,17-/m0/s1. The smallest absolute Gasteiger partial charge is 0.257 e. The van der Waals surface area contributed by atoms with Gasteiger partial charge in [0.05, 0.1) is 12.1 Å². The van der Waals surface area contributed by atoms with Gasteiger partial charge in [0, 0.05) is 24.6 Å². The molecule has 1 fully saturated rings. The van der Waals surface area contributed by atoms with Crippen LogP contribution in [-0.2, 0) is 4.74 Å². The number of hydrogen-bond acceptors (Lipinski definition) is 3. The molecular formula is C18H28N2O3. The summed E-state index contributed by atoms with van der Waals surface area (Å²) in [5.74, 6) is 0.299. The number of aromatic nitrogens is 1. The lowest BCUT2D eigenvalue weighted by Gasteiger charge is -2.32. The number of hydrogen-bond donors (Lipinski definition) is 2. The predicted molar refractivity (Wildman–Crippen MR) is 90.7 cm³/mol. The average Bonchev–Trinajstić information content (AvgIpc) is 2.48. The van der Waals surface area contributed by atoms with Crippen molar-refractivity contribution in [1.82, 2.24) is 10.3 Å². The molecule has 1 heterocycles. The Bertz CT molecular complexity index is 580. The number of pyridine rings is 1. The summed E-state index contributed by atoms with van der Waals surface area (Å²) in [7, 11) is 0. The molecule has 2 N–H and O–H groups in total. The maximum absolute atomic E-state index is 12.4. The maximum atomic E-state index is 12.4. The van der Waals surface area contributed by atoms with Crippen molar-refractivity contribution in [3.63, 3.8) is 0 Å². The van der Waals surface area contributed by atoms with E-state index in [2.05, 4.69) is 24.1 Å². The Morgan fingerprint density at radius 1 is 1.39 bits per heavy atom. The molecule has 1 amide bonds. The van der Waals surface area contributed by atoms with E-state index in [1.54, 1.807) is 6.92 Å². The topological polar surface area (TPSA) is 71.2 Å². The minimum absolute atomic E-state index is 0.0101. The summed E-state index contributed by atoms with van der Waals surface area (Å²) in [6.07, 6.45) is 6.65. The fourth-order valence-corrected chi connectivity index (χ4v) is 2.91. The molecule has 0 unspecified atom stereocenters. The largest absolute Gasteiger partial charge is 0.376 e. The van der Waals surface area contributed by atoms with Gasteiger partial charge >= 0.3 is 0 Å². The number of aromatic amines is 1. The second-order valence-electron chi connectivity index (χ2n) is 6.85. The maximum Gasteiger partial charge on any atom is 0.257 e. The second-order valence-corrected chi connectivity index (χ2v) is 6.85. The minimum atomic E-state index is -0.310. The Kier molecular flexibility index (Phi) is 6.39. The van der Waals surface area contributed by atoms with Crippen LogP contribution in [0.5, 0.6) is 0 Å². The molecule has 0 bridgehead atoms. The van der Waals surface area contributed by atoms with Crippen LogP contribution < -0.4 is 10.7 Å². The lowest BCUT2D eigenvalue weighted by Crippen LogP contribution is -2.47. The van der Waals surface area contributed by atoms with Crippen LogP contribution in [0, 0.1) is 12.8 Å².